The van der Waals surface area contributed by atoms with Crippen molar-refractivity contribution in [3.63, 3.8) is 0 Å². The first-order valence-corrected chi connectivity index (χ1v) is 6.67. The number of hydrogen-bond acceptors (Lipinski definition) is 3. The maximum Gasteiger partial charge on any atom is 0.0746 e. The number of nitrogens with one attached hydrogen (secondary N) is 1. The van der Waals surface area contributed by atoms with Gasteiger partial charge in [-0.1, -0.05) is 13.8 Å². The standard InChI is InChI=1S/C14H27N3O/c1-10(2)7-14(5,18)9-15-11(3)13-8-17(6)16-12(13)4/h8,10-11,15,18H,7,9H2,1-6H3. The zero-order valence-electron chi connectivity index (χ0n) is 12.5. The van der Waals surface area contributed by atoms with Crippen LogP contribution in [-0.4, -0.2) is 27.0 Å². The summed E-state index contributed by atoms with van der Waals surface area (Å²) in [4.78, 5) is 0. The quantitative estimate of drug-likeness (QED) is 0.817. The molecule has 0 saturated carbocycles. The molecule has 0 saturated heterocycles. The van der Waals surface area contributed by atoms with Gasteiger partial charge in [-0.15, -0.1) is 0 Å². The maximum atomic E-state index is 10.3. The Kier molecular flexibility index (Phi) is 4.93. The molecular formula is C14H27N3O. The average molecular weight is 253 g/mol. The van der Waals surface area contributed by atoms with E-state index in [1.165, 1.54) is 5.56 Å². The van der Waals surface area contributed by atoms with E-state index < -0.39 is 5.60 Å². The van der Waals surface area contributed by atoms with Crippen LogP contribution in [0, 0.1) is 12.8 Å². The second-order valence-electron chi connectivity index (χ2n) is 6.04. The van der Waals surface area contributed by atoms with Gasteiger partial charge in [0.1, 0.15) is 0 Å². The summed E-state index contributed by atoms with van der Waals surface area (Å²) in [7, 11) is 1.93. The van der Waals surface area contributed by atoms with Crippen molar-refractivity contribution in [2.45, 2.75) is 52.7 Å². The smallest absolute Gasteiger partial charge is 0.0746 e. The summed E-state index contributed by atoms with van der Waals surface area (Å²) in [6.45, 7) is 10.9. The summed E-state index contributed by atoms with van der Waals surface area (Å²) >= 11 is 0. The van der Waals surface area contributed by atoms with Crippen LogP contribution in [0.2, 0.25) is 0 Å². The predicted molar refractivity (Wildman–Crippen MR) is 74.4 cm³/mol. The molecule has 0 fully saturated rings. The van der Waals surface area contributed by atoms with E-state index in [9.17, 15) is 5.11 Å². The lowest BCUT2D eigenvalue weighted by molar-refractivity contribution is 0.0363. The Morgan fingerprint density at radius 2 is 2.06 bits per heavy atom. The molecule has 0 amide bonds. The summed E-state index contributed by atoms with van der Waals surface area (Å²) < 4.78 is 1.83. The molecule has 0 aliphatic carbocycles. The minimum atomic E-state index is -0.654. The van der Waals surface area contributed by atoms with Crippen LogP contribution >= 0.6 is 0 Å². The van der Waals surface area contributed by atoms with Crippen molar-refractivity contribution < 1.29 is 5.11 Å². The zero-order chi connectivity index (χ0) is 13.9. The van der Waals surface area contributed by atoms with Crippen LogP contribution < -0.4 is 5.32 Å². The van der Waals surface area contributed by atoms with E-state index in [4.69, 9.17) is 0 Å². The Morgan fingerprint density at radius 3 is 2.50 bits per heavy atom. The first-order chi connectivity index (χ1) is 8.21. The zero-order valence-corrected chi connectivity index (χ0v) is 12.5. The lowest BCUT2D eigenvalue weighted by Crippen LogP contribution is -2.39. The molecule has 2 atom stereocenters. The van der Waals surface area contributed by atoms with Gasteiger partial charge in [-0.2, -0.15) is 5.10 Å². The maximum absolute atomic E-state index is 10.3. The molecule has 2 unspecified atom stereocenters. The Labute approximate surface area is 110 Å². The Balaban J connectivity index is 2.55. The van der Waals surface area contributed by atoms with Gasteiger partial charge in [0.2, 0.25) is 0 Å². The van der Waals surface area contributed by atoms with Crippen LogP contribution in [0.25, 0.3) is 0 Å². The first-order valence-electron chi connectivity index (χ1n) is 6.67. The van der Waals surface area contributed by atoms with E-state index in [1.807, 2.05) is 31.8 Å². The molecule has 0 spiro atoms. The lowest BCUT2D eigenvalue weighted by Gasteiger charge is -2.27. The molecule has 1 aromatic heterocycles. The average Bonchev–Trinajstić information content (AvgIpc) is 2.52. The first kappa shape index (κ1) is 15.2. The van der Waals surface area contributed by atoms with Crippen LogP contribution in [0.5, 0.6) is 0 Å². The molecule has 2 N–H and O–H groups in total. The summed E-state index contributed by atoms with van der Waals surface area (Å²) in [5.74, 6) is 0.497. The fraction of sp³-hybridized carbons (Fsp3) is 0.786. The van der Waals surface area contributed by atoms with Crippen LogP contribution in [0.1, 0.15) is 51.4 Å². The summed E-state index contributed by atoms with van der Waals surface area (Å²) in [6, 6.07) is 0.206. The highest BCUT2D eigenvalue weighted by Crippen LogP contribution is 2.19. The molecule has 104 valence electrons. The number of nitrogens with zero attached hydrogens (tertiary/aromatic N) is 2. The molecule has 18 heavy (non-hydrogen) atoms. The third-order valence-electron chi connectivity index (χ3n) is 3.16. The Bertz CT molecular complexity index is 382. The highest BCUT2D eigenvalue weighted by atomic mass is 16.3. The van der Waals surface area contributed by atoms with E-state index in [1.54, 1.807) is 0 Å². The Morgan fingerprint density at radius 1 is 1.44 bits per heavy atom. The van der Waals surface area contributed by atoms with Crippen LogP contribution in [0.3, 0.4) is 0 Å². The number of hydrogen-bond donors (Lipinski definition) is 2. The minimum Gasteiger partial charge on any atom is -0.389 e. The largest absolute Gasteiger partial charge is 0.389 e. The van der Waals surface area contributed by atoms with E-state index in [2.05, 4.69) is 31.2 Å². The van der Waals surface area contributed by atoms with Crippen molar-refractivity contribution in [1.29, 1.82) is 0 Å². The van der Waals surface area contributed by atoms with Crippen LogP contribution in [0.4, 0.5) is 0 Å². The topological polar surface area (TPSA) is 50.1 Å². The molecule has 0 bridgehead atoms. The number of aryl methyl sites for hydroxylation is 2. The number of aliphatic hydroxyl groups is 1. The minimum absolute atomic E-state index is 0.206. The molecule has 0 aromatic carbocycles. The summed E-state index contributed by atoms with van der Waals surface area (Å²) in [6.07, 6.45) is 2.84. The van der Waals surface area contributed by atoms with E-state index in [0.717, 1.165) is 12.1 Å². The van der Waals surface area contributed by atoms with Gasteiger partial charge in [0.15, 0.2) is 0 Å². The normalized spacial score (nSPS) is 16.9. The van der Waals surface area contributed by atoms with E-state index in [0.29, 0.717) is 12.5 Å². The molecule has 0 aliphatic rings. The third-order valence-corrected chi connectivity index (χ3v) is 3.16. The van der Waals surface area contributed by atoms with Gasteiger partial charge in [-0.3, -0.25) is 4.68 Å². The monoisotopic (exact) mass is 253 g/mol. The summed E-state index contributed by atoms with van der Waals surface area (Å²) in [5.41, 5.74) is 1.58. The molecule has 1 heterocycles. The van der Waals surface area contributed by atoms with Gasteiger partial charge in [-0.25, -0.2) is 0 Å². The van der Waals surface area contributed by atoms with Gasteiger partial charge >= 0.3 is 0 Å². The second-order valence-corrected chi connectivity index (χ2v) is 6.04. The second kappa shape index (κ2) is 5.85. The lowest BCUT2D eigenvalue weighted by atomic mass is 9.94. The van der Waals surface area contributed by atoms with Crippen LogP contribution in [0.15, 0.2) is 6.20 Å². The fourth-order valence-corrected chi connectivity index (χ4v) is 2.48. The van der Waals surface area contributed by atoms with Gasteiger partial charge in [0, 0.05) is 31.4 Å². The van der Waals surface area contributed by atoms with Crippen molar-refractivity contribution in [3.05, 3.63) is 17.5 Å². The molecule has 4 heteroatoms. The number of rotatable bonds is 6. The molecule has 0 aliphatic heterocycles. The van der Waals surface area contributed by atoms with Crippen LogP contribution in [-0.2, 0) is 7.05 Å². The van der Waals surface area contributed by atoms with Gasteiger partial charge in [-0.05, 0) is 33.1 Å². The van der Waals surface area contributed by atoms with Crippen molar-refractivity contribution in [2.75, 3.05) is 6.54 Å². The van der Waals surface area contributed by atoms with Gasteiger partial charge < -0.3 is 10.4 Å². The highest BCUT2D eigenvalue weighted by Gasteiger charge is 2.23. The van der Waals surface area contributed by atoms with E-state index >= 15 is 0 Å². The summed E-state index contributed by atoms with van der Waals surface area (Å²) in [5, 5.41) is 18.0. The molecule has 1 rings (SSSR count). The van der Waals surface area contributed by atoms with Crippen molar-refractivity contribution in [3.8, 4) is 0 Å². The molecular weight excluding hydrogens is 226 g/mol. The molecule has 4 nitrogen and oxygen atoms in total. The van der Waals surface area contributed by atoms with Gasteiger partial charge in [0.05, 0.1) is 11.3 Å². The van der Waals surface area contributed by atoms with Crippen molar-refractivity contribution >= 4 is 0 Å². The SMILES string of the molecule is Cc1nn(C)cc1C(C)NCC(C)(O)CC(C)C. The van der Waals surface area contributed by atoms with Crippen molar-refractivity contribution in [1.82, 2.24) is 15.1 Å². The third kappa shape index (κ3) is 4.42. The predicted octanol–water partition coefficient (Wildman–Crippen LogP) is 2.18. The Hall–Kier alpha value is -0.870. The van der Waals surface area contributed by atoms with Gasteiger partial charge in [0.25, 0.3) is 0 Å². The molecule has 0 radical (unpaired) electrons. The van der Waals surface area contributed by atoms with E-state index in [-0.39, 0.29) is 6.04 Å². The number of aromatic nitrogens is 2. The van der Waals surface area contributed by atoms with Crippen molar-refractivity contribution in [2.24, 2.45) is 13.0 Å². The highest BCUT2D eigenvalue weighted by molar-refractivity contribution is 5.19. The fourth-order valence-electron chi connectivity index (χ4n) is 2.48. The molecule has 1 aromatic rings.